The quantitative estimate of drug-likeness (QED) is 0.206. The van der Waals surface area contributed by atoms with E-state index in [1.54, 1.807) is 28.7 Å². The molecule has 1 atom stereocenters. The zero-order chi connectivity index (χ0) is 29.3. The number of morpholine rings is 1. The van der Waals surface area contributed by atoms with Gasteiger partial charge < -0.3 is 30.2 Å². The highest BCUT2D eigenvalue weighted by atomic mass is 32.1. The summed E-state index contributed by atoms with van der Waals surface area (Å²) in [6, 6.07) is 9.39. The fourth-order valence-electron chi connectivity index (χ4n) is 5.89. The number of amides is 1. The smallest absolute Gasteiger partial charge is 0.305 e. The summed E-state index contributed by atoms with van der Waals surface area (Å²) in [5.41, 5.74) is 2.05. The maximum atomic E-state index is 13.0. The second-order valence-corrected chi connectivity index (χ2v) is 14.5. The van der Waals surface area contributed by atoms with Crippen molar-refractivity contribution in [2.45, 2.75) is 44.4 Å². The number of phenolic OH excluding ortho intramolecular Hbond substituents is 1. The van der Waals surface area contributed by atoms with E-state index in [9.17, 15) is 19.8 Å². The Morgan fingerprint density at radius 3 is 2.81 bits per heavy atom. The average molecular weight is 629 g/mol. The minimum atomic E-state index is -0.779. The van der Waals surface area contributed by atoms with Crippen molar-refractivity contribution >= 4 is 50.1 Å². The fourth-order valence-corrected chi connectivity index (χ4v) is 8.61. The number of ether oxygens (including phenoxy) is 1. The molecule has 0 saturated carbocycles. The van der Waals surface area contributed by atoms with Gasteiger partial charge in [-0.15, -0.1) is 22.7 Å². The van der Waals surface area contributed by atoms with E-state index in [2.05, 4.69) is 26.6 Å². The van der Waals surface area contributed by atoms with Crippen LogP contribution in [0.5, 0.6) is 5.75 Å². The lowest BCUT2D eigenvalue weighted by Crippen LogP contribution is -2.57. The van der Waals surface area contributed by atoms with Crippen molar-refractivity contribution in [1.82, 2.24) is 20.1 Å². The summed E-state index contributed by atoms with van der Waals surface area (Å²) in [6.07, 6.45) is 1.93. The number of hydrogen-bond acceptors (Lipinski definition) is 10. The van der Waals surface area contributed by atoms with Gasteiger partial charge in [-0.2, -0.15) is 0 Å². The Bertz CT molecular complexity index is 1600. The monoisotopic (exact) mass is 628 g/mol. The highest BCUT2D eigenvalue weighted by molar-refractivity contribution is 7.16. The minimum Gasteiger partial charge on any atom is -0.506 e. The summed E-state index contributed by atoms with van der Waals surface area (Å²) in [5.74, 6) is 0.139. The molecule has 12 heteroatoms. The Morgan fingerprint density at radius 1 is 1.19 bits per heavy atom. The SMILES string of the molecule is Cc1ccc(C(=O)N2CCOC3(CCN(Cc4cc(CCNC[C@H](O)c5ccc(O)c6[nH]c(=O)sc56)cs4)CC3)C2)s1. The first-order valence-corrected chi connectivity index (χ1v) is 16.8. The number of fused-ring (bicyclic) bond motifs is 1. The van der Waals surface area contributed by atoms with E-state index in [-0.39, 0.29) is 22.1 Å². The number of carbonyl (C=O) groups is 1. The molecule has 4 N–H and O–H groups in total. The van der Waals surface area contributed by atoms with Crippen molar-refractivity contribution in [3.8, 4) is 5.75 Å². The van der Waals surface area contributed by atoms with E-state index in [0.29, 0.717) is 42.0 Å². The third-order valence-corrected chi connectivity index (χ3v) is 11.1. The van der Waals surface area contributed by atoms with Gasteiger partial charge in [-0.3, -0.25) is 14.5 Å². The number of aromatic nitrogens is 1. The second-order valence-electron chi connectivity index (χ2n) is 11.2. The molecule has 2 saturated heterocycles. The number of rotatable bonds is 9. The van der Waals surface area contributed by atoms with Gasteiger partial charge in [-0.25, -0.2) is 0 Å². The second kappa shape index (κ2) is 12.6. The average Bonchev–Trinajstić information content (AvgIpc) is 3.72. The maximum Gasteiger partial charge on any atom is 0.305 e. The number of nitrogens with zero attached hydrogens (tertiary/aromatic N) is 2. The van der Waals surface area contributed by atoms with Crippen LogP contribution in [0.1, 0.15) is 49.5 Å². The zero-order valence-electron chi connectivity index (χ0n) is 23.6. The number of piperidine rings is 1. The first-order valence-electron chi connectivity index (χ1n) is 14.3. The molecule has 2 aliphatic heterocycles. The number of thiophene rings is 2. The Hall–Kier alpha value is -2.58. The minimum absolute atomic E-state index is 0.00919. The molecule has 4 aromatic rings. The van der Waals surface area contributed by atoms with Crippen molar-refractivity contribution in [1.29, 1.82) is 0 Å². The number of hydrogen-bond donors (Lipinski definition) is 4. The third kappa shape index (κ3) is 6.49. The molecule has 1 amide bonds. The van der Waals surface area contributed by atoms with Crippen molar-refractivity contribution in [2.24, 2.45) is 0 Å². The largest absolute Gasteiger partial charge is 0.506 e. The van der Waals surface area contributed by atoms with Crippen LogP contribution in [0.4, 0.5) is 0 Å². The number of aliphatic hydroxyl groups excluding tert-OH is 1. The van der Waals surface area contributed by atoms with Crippen molar-refractivity contribution in [3.63, 3.8) is 0 Å². The molecule has 224 valence electrons. The topological polar surface area (TPSA) is 118 Å². The van der Waals surface area contributed by atoms with E-state index < -0.39 is 6.10 Å². The van der Waals surface area contributed by atoms with Crippen molar-refractivity contribution < 1.29 is 19.7 Å². The fraction of sp³-hybridized carbons (Fsp3) is 0.467. The van der Waals surface area contributed by atoms with Gasteiger partial charge in [-0.1, -0.05) is 17.4 Å². The number of H-pyrrole nitrogens is 1. The number of likely N-dealkylation sites (tertiary alicyclic amines) is 1. The molecule has 0 radical (unpaired) electrons. The number of nitrogens with one attached hydrogen (secondary N) is 2. The number of aryl methyl sites for hydroxylation is 1. The molecule has 5 heterocycles. The molecule has 6 rings (SSSR count). The van der Waals surface area contributed by atoms with Crippen LogP contribution in [-0.4, -0.2) is 82.4 Å². The van der Waals surface area contributed by atoms with Crippen molar-refractivity contribution in [3.05, 3.63) is 71.1 Å². The molecule has 0 bridgehead atoms. The molecule has 1 spiro atoms. The van der Waals surface area contributed by atoms with Gasteiger partial charge in [-0.05, 0) is 67.9 Å². The molecule has 3 aromatic heterocycles. The van der Waals surface area contributed by atoms with Crippen LogP contribution in [0.2, 0.25) is 0 Å². The normalized spacial score (nSPS) is 18.2. The standard InChI is InChI=1S/C30H36N4O5S3/c1-19-2-5-25(41-19)28(37)34-12-13-39-30(18-34)7-10-33(11-8-30)16-21-14-20(17-40-21)6-9-31-15-24(36)22-3-4-23(35)26-27(22)42-29(38)32-26/h2-5,14,17,24,31,35-36H,6-13,15-16,18H2,1H3,(H,32,38)/t24-/m0/s1. The predicted molar refractivity (Wildman–Crippen MR) is 168 cm³/mol. The van der Waals surface area contributed by atoms with Crippen LogP contribution in [-0.2, 0) is 17.7 Å². The number of aromatic amines is 1. The zero-order valence-corrected chi connectivity index (χ0v) is 26.0. The van der Waals surface area contributed by atoms with E-state index in [0.717, 1.165) is 66.5 Å². The van der Waals surface area contributed by atoms with Crippen LogP contribution in [0.15, 0.2) is 40.5 Å². The van der Waals surface area contributed by atoms with Crippen LogP contribution >= 0.6 is 34.0 Å². The van der Waals surface area contributed by atoms with Gasteiger partial charge in [0.05, 0.1) is 34.4 Å². The van der Waals surface area contributed by atoms with E-state index in [1.807, 2.05) is 24.0 Å². The molecule has 42 heavy (non-hydrogen) atoms. The molecule has 2 fully saturated rings. The van der Waals surface area contributed by atoms with E-state index >= 15 is 0 Å². The molecular formula is C30H36N4O5S3. The molecule has 0 unspecified atom stereocenters. The number of carbonyl (C=O) groups excluding carboxylic acids is 1. The van der Waals surface area contributed by atoms with Gasteiger partial charge in [0.15, 0.2) is 0 Å². The van der Waals surface area contributed by atoms with Gasteiger partial charge in [0.2, 0.25) is 0 Å². The summed E-state index contributed by atoms with van der Waals surface area (Å²) in [7, 11) is 0. The molecule has 2 aliphatic rings. The Balaban J connectivity index is 0.946. The Labute approximate surface area is 256 Å². The van der Waals surface area contributed by atoms with Crippen molar-refractivity contribution in [2.75, 3.05) is 45.9 Å². The summed E-state index contributed by atoms with van der Waals surface area (Å²) < 4.78 is 6.88. The van der Waals surface area contributed by atoms with Crippen LogP contribution in [0.3, 0.4) is 0 Å². The molecule has 1 aromatic carbocycles. The first-order chi connectivity index (χ1) is 20.3. The molecular weight excluding hydrogens is 593 g/mol. The summed E-state index contributed by atoms with van der Waals surface area (Å²) in [6.45, 7) is 7.86. The summed E-state index contributed by atoms with van der Waals surface area (Å²) in [5, 5.41) is 26.2. The van der Waals surface area contributed by atoms with Crippen LogP contribution in [0, 0.1) is 6.92 Å². The summed E-state index contributed by atoms with van der Waals surface area (Å²) >= 11 is 4.34. The predicted octanol–water partition coefficient (Wildman–Crippen LogP) is 4.10. The van der Waals surface area contributed by atoms with Gasteiger partial charge >= 0.3 is 4.87 Å². The number of thiazole rings is 1. The van der Waals surface area contributed by atoms with E-state index in [1.165, 1.54) is 16.5 Å². The van der Waals surface area contributed by atoms with Crippen LogP contribution < -0.4 is 10.2 Å². The number of aromatic hydroxyl groups is 1. The number of benzene rings is 1. The lowest BCUT2D eigenvalue weighted by molar-refractivity contribution is -0.127. The number of phenols is 1. The van der Waals surface area contributed by atoms with Gasteiger partial charge in [0, 0.05) is 48.0 Å². The maximum absolute atomic E-state index is 13.0. The Morgan fingerprint density at radius 2 is 2.02 bits per heavy atom. The molecule has 0 aliphatic carbocycles. The highest BCUT2D eigenvalue weighted by Gasteiger charge is 2.41. The highest BCUT2D eigenvalue weighted by Crippen LogP contribution is 2.33. The van der Waals surface area contributed by atoms with Gasteiger partial charge in [0.25, 0.3) is 5.91 Å². The third-order valence-electron chi connectivity index (χ3n) is 8.22. The first kappa shape index (κ1) is 29.5. The van der Waals surface area contributed by atoms with Gasteiger partial charge in [0.1, 0.15) is 11.3 Å². The Kier molecular flexibility index (Phi) is 8.83. The molecule has 9 nitrogen and oxygen atoms in total. The van der Waals surface area contributed by atoms with Crippen LogP contribution in [0.25, 0.3) is 10.2 Å². The lowest BCUT2D eigenvalue weighted by atomic mass is 9.89. The van der Waals surface area contributed by atoms with E-state index in [4.69, 9.17) is 4.74 Å². The summed E-state index contributed by atoms with van der Waals surface area (Å²) in [4.78, 5) is 34.9. The lowest BCUT2D eigenvalue weighted by Gasteiger charge is -2.47. The number of aliphatic hydroxyl groups is 1.